The number of ether oxygens (including phenoxy) is 2. The van der Waals surface area contributed by atoms with Crippen LogP contribution in [0.3, 0.4) is 0 Å². The number of rotatable bonds is 6. The Morgan fingerprint density at radius 3 is 2.35 bits per heavy atom. The molecule has 0 radical (unpaired) electrons. The summed E-state index contributed by atoms with van der Waals surface area (Å²) < 4.78 is 10.4. The van der Waals surface area contributed by atoms with E-state index in [0.29, 0.717) is 18.8 Å². The molecule has 0 aliphatic heterocycles. The lowest BCUT2D eigenvalue weighted by atomic mass is 10.1. The Bertz CT molecular complexity index is 341. The van der Waals surface area contributed by atoms with Gasteiger partial charge in [0, 0.05) is 0 Å². The summed E-state index contributed by atoms with van der Waals surface area (Å²) in [5.41, 5.74) is 1.80. The molecule has 0 aliphatic carbocycles. The van der Waals surface area contributed by atoms with Gasteiger partial charge in [-0.05, 0) is 38.0 Å². The van der Waals surface area contributed by atoms with Crippen molar-refractivity contribution in [2.75, 3.05) is 13.2 Å². The zero-order valence-corrected chi connectivity index (χ0v) is 10.7. The van der Waals surface area contributed by atoms with E-state index in [0.717, 1.165) is 6.42 Å². The van der Waals surface area contributed by atoms with Crippen LogP contribution in [0.2, 0.25) is 0 Å². The average Bonchev–Trinajstić information content (AvgIpc) is 2.34. The van der Waals surface area contributed by atoms with Crippen molar-refractivity contribution < 1.29 is 14.3 Å². The number of benzene rings is 1. The summed E-state index contributed by atoms with van der Waals surface area (Å²) in [6.45, 7) is 6.72. The van der Waals surface area contributed by atoms with E-state index in [1.807, 2.05) is 26.0 Å². The van der Waals surface area contributed by atoms with Crippen LogP contribution in [0.15, 0.2) is 24.3 Å². The predicted octanol–water partition coefficient (Wildman–Crippen LogP) is 2.83. The van der Waals surface area contributed by atoms with Crippen molar-refractivity contribution in [3.05, 3.63) is 35.4 Å². The van der Waals surface area contributed by atoms with Crippen molar-refractivity contribution >= 4 is 5.97 Å². The van der Waals surface area contributed by atoms with Crippen LogP contribution in [0.1, 0.15) is 36.7 Å². The summed E-state index contributed by atoms with van der Waals surface area (Å²) >= 11 is 0. The molecule has 1 rings (SSSR count). The molecule has 94 valence electrons. The number of esters is 1. The Kier molecular flexibility index (Phi) is 5.70. The van der Waals surface area contributed by atoms with Crippen molar-refractivity contribution in [2.24, 2.45) is 0 Å². The molecule has 0 saturated carbocycles. The maximum atomic E-state index is 11.6. The summed E-state index contributed by atoms with van der Waals surface area (Å²) in [6, 6.07) is 7.48. The topological polar surface area (TPSA) is 35.5 Å². The van der Waals surface area contributed by atoms with Gasteiger partial charge in [0.05, 0.1) is 18.3 Å². The minimum atomic E-state index is -0.292. The standard InChI is InChI=1S/C14H20O3/c1-4-12-5-7-13(8-6-12)14(15)17-10-9-16-11(2)3/h5-8,11H,4,9-10H2,1-3H3. The van der Waals surface area contributed by atoms with Gasteiger partial charge < -0.3 is 9.47 Å². The summed E-state index contributed by atoms with van der Waals surface area (Å²) in [6.07, 6.45) is 1.13. The molecule has 0 saturated heterocycles. The van der Waals surface area contributed by atoms with Gasteiger partial charge in [-0.25, -0.2) is 4.79 Å². The van der Waals surface area contributed by atoms with Gasteiger partial charge in [0.15, 0.2) is 0 Å². The van der Waals surface area contributed by atoms with E-state index in [1.165, 1.54) is 5.56 Å². The summed E-state index contributed by atoms with van der Waals surface area (Å²) in [5.74, 6) is -0.292. The molecular weight excluding hydrogens is 216 g/mol. The largest absolute Gasteiger partial charge is 0.460 e. The zero-order valence-electron chi connectivity index (χ0n) is 10.7. The van der Waals surface area contributed by atoms with Crippen LogP contribution < -0.4 is 0 Å². The van der Waals surface area contributed by atoms with E-state index in [9.17, 15) is 4.79 Å². The van der Waals surface area contributed by atoms with Crippen LogP contribution in [-0.2, 0) is 15.9 Å². The number of aryl methyl sites for hydroxylation is 1. The summed E-state index contributed by atoms with van der Waals surface area (Å²) in [5, 5.41) is 0. The van der Waals surface area contributed by atoms with Crippen LogP contribution in [0.5, 0.6) is 0 Å². The molecule has 0 N–H and O–H groups in total. The fourth-order valence-corrected chi connectivity index (χ4v) is 1.38. The van der Waals surface area contributed by atoms with Crippen LogP contribution in [0.25, 0.3) is 0 Å². The fourth-order valence-electron chi connectivity index (χ4n) is 1.38. The third kappa shape index (κ3) is 5.00. The quantitative estimate of drug-likeness (QED) is 0.563. The van der Waals surface area contributed by atoms with Crippen LogP contribution in [-0.4, -0.2) is 25.3 Å². The van der Waals surface area contributed by atoms with Crippen molar-refractivity contribution in [1.29, 1.82) is 0 Å². The van der Waals surface area contributed by atoms with Crippen molar-refractivity contribution in [3.63, 3.8) is 0 Å². The van der Waals surface area contributed by atoms with Gasteiger partial charge in [0.2, 0.25) is 0 Å². The highest BCUT2D eigenvalue weighted by molar-refractivity contribution is 5.89. The Morgan fingerprint density at radius 2 is 1.82 bits per heavy atom. The average molecular weight is 236 g/mol. The van der Waals surface area contributed by atoms with Crippen LogP contribution in [0, 0.1) is 0 Å². The second kappa shape index (κ2) is 7.07. The van der Waals surface area contributed by atoms with Gasteiger partial charge in [0.25, 0.3) is 0 Å². The molecular formula is C14H20O3. The summed E-state index contributed by atoms with van der Waals surface area (Å²) in [4.78, 5) is 11.6. The highest BCUT2D eigenvalue weighted by Crippen LogP contribution is 2.06. The lowest BCUT2D eigenvalue weighted by Gasteiger charge is -2.08. The Labute approximate surface area is 103 Å². The Hall–Kier alpha value is -1.35. The van der Waals surface area contributed by atoms with E-state index >= 15 is 0 Å². The predicted molar refractivity (Wildman–Crippen MR) is 67.2 cm³/mol. The minimum Gasteiger partial charge on any atom is -0.460 e. The fraction of sp³-hybridized carbons (Fsp3) is 0.500. The first-order valence-corrected chi connectivity index (χ1v) is 6.01. The highest BCUT2D eigenvalue weighted by atomic mass is 16.6. The molecule has 0 atom stereocenters. The first-order chi connectivity index (χ1) is 8.13. The molecule has 3 nitrogen and oxygen atoms in total. The molecule has 0 unspecified atom stereocenters. The van der Waals surface area contributed by atoms with Gasteiger partial charge in [-0.3, -0.25) is 0 Å². The van der Waals surface area contributed by atoms with E-state index in [4.69, 9.17) is 9.47 Å². The molecule has 3 heteroatoms. The number of carbonyl (C=O) groups is 1. The van der Waals surface area contributed by atoms with Crippen molar-refractivity contribution in [1.82, 2.24) is 0 Å². The first kappa shape index (κ1) is 13.7. The summed E-state index contributed by atoms with van der Waals surface area (Å²) in [7, 11) is 0. The molecule has 0 fully saturated rings. The molecule has 0 heterocycles. The molecule has 1 aromatic rings. The van der Waals surface area contributed by atoms with Crippen LogP contribution in [0.4, 0.5) is 0 Å². The third-order valence-corrected chi connectivity index (χ3v) is 2.37. The molecule has 0 amide bonds. The molecule has 0 spiro atoms. The molecule has 0 aliphatic rings. The van der Waals surface area contributed by atoms with E-state index < -0.39 is 0 Å². The smallest absolute Gasteiger partial charge is 0.338 e. The van der Waals surface area contributed by atoms with Gasteiger partial charge in [0.1, 0.15) is 6.61 Å². The molecule has 0 aromatic heterocycles. The van der Waals surface area contributed by atoms with Crippen molar-refractivity contribution in [3.8, 4) is 0 Å². The minimum absolute atomic E-state index is 0.164. The molecule has 17 heavy (non-hydrogen) atoms. The van der Waals surface area contributed by atoms with E-state index in [2.05, 4.69) is 6.92 Å². The lowest BCUT2D eigenvalue weighted by molar-refractivity contribution is 0.0177. The van der Waals surface area contributed by atoms with Gasteiger partial charge >= 0.3 is 5.97 Å². The zero-order chi connectivity index (χ0) is 12.7. The third-order valence-electron chi connectivity index (χ3n) is 2.37. The van der Waals surface area contributed by atoms with Gasteiger partial charge in [-0.1, -0.05) is 19.1 Å². The molecule has 0 bridgehead atoms. The number of hydrogen-bond acceptors (Lipinski definition) is 3. The Morgan fingerprint density at radius 1 is 1.18 bits per heavy atom. The van der Waals surface area contributed by atoms with E-state index in [-0.39, 0.29) is 12.1 Å². The van der Waals surface area contributed by atoms with Crippen molar-refractivity contribution in [2.45, 2.75) is 33.3 Å². The normalized spacial score (nSPS) is 10.6. The highest BCUT2D eigenvalue weighted by Gasteiger charge is 2.06. The second-order valence-electron chi connectivity index (χ2n) is 4.11. The monoisotopic (exact) mass is 236 g/mol. The van der Waals surface area contributed by atoms with E-state index in [1.54, 1.807) is 12.1 Å². The van der Waals surface area contributed by atoms with Gasteiger partial charge in [-0.2, -0.15) is 0 Å². The molecule has 1 aromatic carbocycles. The SMILES string of the molecule is CCc1ccc(C(=O)OCCOC(C)C)cc1. The van der Waals surface area contributed by atoms with Crippen LogP contribution >= 0.6 is 0 Å². The first-order valence-electron chi connectivity index (χ1n) is 6.01. The Balaban J connectivity index is 2.36. The second-order valence-corrected chi connectivity index (χ2v) is 4.11. The maximum Gasteiger partial charge on any atom is 0.338 e. The number of hydrogen-bond donors (Lipinski definition) is 0. The maximum absolute atomic E-state index is 11.6. The van der Waals surface area contributed by atoms with Gasteiger partial charge in [-0.15, -0.1) is 0 Å². The number of carbonyl (C=O) groups excluding carboxylic acids is 1. The lowest BCUT2D eigenvalue weighted by Crippen LogP contribution is -2.13.